The predicted octanol–water partition coefficient (Wildman–Crippen LogP) is 4.11. The summed E-state index contributed by atoms with van der Waals surface area (Å²) in [5.41, 5.74) is 0.969. The number of carbonyl (C=O) groups is 2. The quantitative estimate of drug-likeness (QED) is 0.474. The molecule has 2 aromatic rings. The van der Waals surface area contributed by atoms with Crippen molar-refractivity contribution in [3.05, 3.63) is 57.6 Å². The van der Waals surface area contributed by atoms with Gasteiger partial charge in [-0.25, -0.2) is 4.79 Å². The van der Waals surface area contributed by atoms with Crippen LogP contribution in [-0.2, 0) is 10.5 Å². The van der Waals surface area contributed by atoms with Crippen molar-refractivity contribution in [1.29, 1.82) is 0 Å². The van der Waals surface area contributed by atoms with Gasteiger partial charge in [-0.05, 0) is 81.4 Å². The smallest absolute Gasteiger partial charge is 0.329 e. The van der Waals surface area contributed by atoms with E-state index in [0.717, 1.165) is 42.1 Å². The van der Waals surface area contributed by atoms with Crippen molar-refractivity contribution in [1.82, 2.24) is 10.2 Å². The second-order valence-corrected chi connectivity index (χ2v) is 8.95. The molecular weight excluding hydrogens is 472 g/mol. The zero-order valence-corrected chi connectivity index (χ0v) is 20.6. The molecule has 0 aliphatic carbocycles. The molecule has 1 heterocycles. The van der Waals surface area contributed by atoms with Crippen molar-refractivity contribution in [2.24, 2.45) is 0 Å². The highest BCUT2D eigenvalue weighted by molar-refractivity contribution is 9.10. The monoisotopic (exact) mass is 502 g/mol. The molecule has 1 atom stereocenters. The zero-order valence-electron chi connectivity index (χ0n) is 19.0. The fourth-order valence-electron chi connectivity index (χ4n) is 3.91. The Balaban J connectivity index is 1.97. The fraction of sp³-hybridized carbons (Fsp3) is 0.417. The van der Waals surface area contributed by atoms with E-state index in [9.17, 15) is 14.7 Å². The van der Waals surface area contributed by atoms with Crippen molar-refractivity contribution in [2.75, 3.05) is 36.4 Å². The Hall–Kier alpha value is -2.42. The molecule has 1 aliphatic heterocycles. The van der Waals surface area contributed by atoms with Crippen LogP contribution in [0.5, 0.6) is 0 Å². The number of hydrogen-bond donors (Lipinski definition) is 3. The van der Waals surface area contributed by atoms with Crippen LogP contribution in [0, 0.1) is 13.8 Å². The summed E-state index contributed by atoms with van der Waals surface area (Å²) in [5, 5.41) is 17.5. The Labute approximate surface area is 197 Å². The molecule has 2 aromatic carbocycles. The van der Waals surface area contributed by atoms with E-state index in [1.807, 2.05) is 19.9 Å². The summed E-state index contributed by atoms with van der Waals surface area (Å²) in [5.74, 6) is -0.635. The molecular formula is C24H31BrN4O3. The minimum atomic E-state index is -2.20. The van der Waals surface area contributed by atoms with Crippen LogP contribution >= 0.6 is 15.9 Å². The van der Waals surface area contributed by atoms with Gasteiger partial charge in [-0.1, -0.05) is 35.8 Å². The number of amides is 3. The van der Waals surface area contributed by atoms with Crippen molar-refractivity contribution < 1.29 is 14.7 Å². The number of nitrogens with zero attached hydrogens (tertiary/aromatic N) is 2. The van der Waals surface area contributed by atoms with Crippen LogP contribution in [0.15, 0.2) is 40.9 Å². The van der Waals surface area contributed by atoms with Gasteiger partial charge in [0.15, 0.2) is 0 Å². The molecule has 0 radical (unpaired) electrons. The van der Waals surface area contributed by atoms with Gasteiger partial charge in [0.25, 0.3) is 11.6 Å². The van der Waals surface area contributed by atoms with E-state index >= 15 is 0 Å². The molecule has 0 saturated carbocycles. The molecule has 3 amide bonds. The highest BCUT2D eigenvalue weighted by Gasteiger charge is 2.52. The summed E-state index contributed by atoms with van der Waals surface area (Å²) < 4.78 is 0.695. The summed E-state index contributed by atoms with van der Waals surface area (Å²) >= 11 is 3.42. The molecule has 0 saturated heterocycles. The van der Waals surface area contributed by atoms with Crippen LogP contribution in [0.3, 0.4) is 0 Å². The number of halogens is 1. The van der Waals surface area contributed by atoms with E-state index in [2.05, 4.69) is 45.3 Å². The number of carbonyl (C=O) groups excluding carboxylic acids is 2. The first-order valence-corrected chi connectivity index (χ1v) is 11.7. The van der Waals surface area contributed by atoms with E-state index in [4.69, 9.17) is 0 Å². The molecule has 8 heteroatoms. The number of benzene rings is 2. The zero-order chi connectivity index (χ0) is 23.5. The molecule has 0 aromatic heterocycles. The third kappa shape index (κ3) is 4.67. The molecule has 0 unspecified atom stereocenters. The first-order valence-electron chi connectivity index (χ1n) is 10.9. The maximum atomic E-state index is 13.4. The summed E-state index contributed by atoms with van der Waals surface area (Å²) in [6.45, 7) is 11.2. The SMILES string of the molecule is CCN(CC)CCCNC(=O)[C@@]1(O)c2cc(Br)ccc2NC(=O)N1c1ccc(C)c(C)c1. The van der Waals surface area contributed by atoms with Gasteiger partial charge in [-0.15, -0.1) is 0 Å². The van der Waals surface area contributed by atoms with Crippen LogP contribution in [0.1, 0.15) is 37.0 Å². The molecule has 7 nitrogen and oxygen atoms in total. The Kier molecular flexibility index (Phi) is 7.59. The lowest BCUT2D eigenvalue weighted by molar-refractivity contribution is -0.140. The summed E-state index contributed by atoms with van der Waals surface area (Å²) in [6.07, 6.45) is 0.741. The number of rotatable bonds is 8. The van der Waals surface area contributed by atoms with Crippen LogP contribution in [-0.4, -0.2) is 48.1 Å². The van der Waals surface area contributed by atoms with Crippen LogP contribution in [0.25, 0.3) is 0 Å². The molecule has 3 rings (SSSR count). The Bertz CT molecular complexity index is 1010. The molecule has 0 fully saturated rings. The van der Waals surface area contributed by atoms with Crippen molar-refractivity contribution >= 4 is 39.2 Å². The Morgan fingerprint density at radius 1 is 1.16 bits per heavy atom. The first kappa shape index (κ1) is 24.2. The average Bonchev–Trinajstić information content (AvgIpc) is 2.76. The number of anilines is 2. The van der Waals surface area contributed by atoms with E-state index in [0.29, 0.717) is 28.0 Å². The number of nitrogens with one attached hydrogen (secondary N) is 2. The lowest BCUT2D eigenvalue weighted by Crippen LogP contribution is -2.62. The normalized spacial score (nSPS) is 17.8. The largest absolute Gasteiger partial charge is 0.359 e. The standard InChI is InChI=1S/C24H31BrN4O3/c1-5-28(6-2)13-7-12-26-22(30)24(32)20-15-18(25)9-11-21(20)27-23(31)29(24)19-10-8-16(3)17(4)14-19/h8-11,14-15,32H,5-7,12-13H2,1-4H3,(H,26,30)(H,27,31)/t24-/m0/s1. The highest BCUT2D eigenvalue weighted by atomic mass is 79.9. The maximum absolute atomic E-state index is 13.4. The molecule has 0 spiro atoms. The molecule has 172 valence electrons. The molecule has 3 N–H and O–H groups in total. The number of hydrogen-bond acceptors (Lipinski definition) is 4. The van der Waals surface area contributed by atoms with Crippen LogP contribution < -0.4 is 15.5 Å². The second kappa shape index (κ2) is 10.0. The van der Waals surface area contributed by atoms with E-state index in [1.165, 1.54) is 0 Å². The van der Waals surface area contributed by atoms with Gasteiger partial charge in [-0.2, -0.15) is 0 Å². The lowest BCUT2D eigenvalue weighted by Gasteiger charge is -2.43. The summed E-state index contributed by atoms with van der Waals surface area (Å²) in [7, 11) is 0. The van der Waals surface area contributed by atoms with Crippen LogP contribution in [0.4, 0.5) is 16.2 Å². The summed E-state index contributed by atoms with van der Waals surface area (Å²) in [4.78, 5) is 30.0. The molecule has 1 aliphatic rings. The second-order valence-electron chi connectivity index (χ2n) is 8.03. The van der Waals surface area contributed by atoms with E-state index in [1.54, 1.807) is 30.3 Å². The minimum Gasteiger partial charge on any atom is -0.359 e. The topological polar surface area (TPSA) is 84.9 Å². The number of aryl methyl sites for hydroxylation is 2. The predicted molar refractivity (Wildman–Crippen MR) is 131 cm³/mol. The van der Waals surface area contributed by atoms with Gasteiger partial charge < -0.3 is 20.6 Å². The van der Waals surface area contributed by atoms with Gasteiger partial charge in [0.05, 0.1) is 5.69 Å². The highest BCUT2D eigenvalue weighted by Crippen LogP contribution is 2.41. The number of aliphatic hydroxyl groups is 1. The summed E-state index contributed by atoms with van der Waals surface area (Å²) in [6, 6.07) is 9.94. The van der Waals surface area contributed by atoms with Gasteiger partial charge in [-0.3, -0.25) is 9.69 Å². The Morgan fingerprint density at radius 3 is 2.53 bits per heavy atom. The fourth-order valence-corrected chi connectivity index (χ4v) is 4.27. The van der Waals surface area contributed by atoms with Crippen LogP contribution in [0.2, 0.25) is 0 Å². The molecule has 32 heavy (non-hydrogen) atoms. The van der Waals surface area contributed by atoms with Crippen molar-refractivity contribution in [3.63, 3.8) is 0 Å². The third-order valence-electron chi connectivity index (χ3n) is 6.02. The Morgan fingerprint density at radius 2 is 1.88 bits per heavy atom. The number of fused-ring (bicyclic) bond motifs is 1. The van der Waals surface area contributed by atoms with Gasteiger partial charge in [0.2, 0.25) is 0 Å². The van der Waals surface area contributed by atoms with Gasteiger partial charge in [0, 0.05) is 22.3 Å². The third-order valence-corrected chi connectivity index (χ3v) is 6.52. The molecule has 0 bridgehead atoms. The van der Waals surface area contributed by atoms with Crippen molar-refractivity contribution in [2.45, 2.75) is 39.8 Å². The van der Waals surface area contributed by atoms with Crippen molar-refractivity contribution in [3.8, 4) is 0 Å². The maximum Gasteiger partial charge on any atom is 0.329 e. The minimum absolute atomic E-state index is 0.311. The average molecular weight is 503 g/mol. The lowest BCUT2D eigenvalue weighted by atomic mass is 9.94. The number of urea groups is 1. The van der Waals surface area contributed by atoms with E-state index < -0.39 is 17.7 Å². The van der Waals surface area contributed by atoms with Gasteiger partial charge in [0.1, 0.15) is 0 Å². The van der Waals surface area contributed by atoms with Gasteiger partial charge >= 0.3 is 6.03 Å². The first-order chi connectivity index (χ1) is 15.2. The van der Waals surface area contributed by atoms with E-state index in [-0.39, 0.29) is 0 Å².